The van der Waals surface area contributed by atoms with Crippen molar-refractivity contribution in [1.29, 1.82) is 0 Å². The van der Waals surface area contributed by atoms with Gasteiger partial charge in [0.15, 0.2) is 11.3 Å². The Kier molecular flexibility index (Phi) is 7.34. The zero-order valence-corrected chi connectivity index (χ0v) is 14.6. The van der Waals surface area contributed by atoms with Gasteiger partial charge in [0.2, 0.25) is 0 Å². The summed E-state index contributed by atoms with van der Waals surface area (Å²) in [6, 6.07) is 0. The van der Waals surface area contributed by atoms with E-state index < -0.39 is 48.4 Å². The lowest BCUT2D eigenvalue weighted by Crippen LogP contribution is -2.40. The minimum Gasteiger partial charge on any atom is -0.481 e. The fourth-order valence-corrected chi connectivity index (χ4v) is 3.34. The summed E-state index contributed by atoms with van der Waals surface area (Å²) in [4.78, 5) is 36.3. The van der Waals surface area contributed by atoms with Crippen LogP contribution >= 0.6 is 11.8 Å². The van der Waals surface area contributed by atoms with E-state index in [1.807, 2.05) is 0 Å². The third-order valence-electron chi connectivity index (χ3n) is 3.85. The first kappa shape index (κ1) is 20.6. The molecule has 11 nitrogen and oxygen atoms in total. The van der Waals surface area contributed by atoms with Crippen LogP contribution in [0.3, 0.4) is 0 Å². The maximum Gasteiger partial charge on any atom is 0.347 e. The highest BCUT2D eigenvalue weighted by atomic mass is 32.2. The molecule has 0 aromatic carbocycles. The van der Waals surface area contributed by atoms with Gasteiger partial charge in [0.05, 0.1) is 6.61 Å². The Morgan fingerprint density at radius 1 is 1.23 bits per heavy atom. The summed E-state index contributed by atoms with van der Waals surface area (Å²) < 4.78 is 5.97. The van der Waals surface area contributed by atoms with Crippen molar-refractivity contribution in [2.75, 3.05) is 12.4 Å². The van der Waals surface area contributed by atoms with Gasteiger partial charge in [0.1, 0.15) is 18.3 Å². The normalized spacial score (nSPS) is 25.5. The Bertz CT molecular complexity index is 736. The van der Waals surface area contributed by atoms with Gasteiger partial charge in [-0.15, -0.1) is 0 Å². The molecular formula is C14H21N3O8S. The molecule has 12 heteroatoms. The van der Waals surface area contributed by atoms with E-state index in [2.05, 4.69) is 10.1 Å². The number of aliphatic hydroxyl groups excluding tert-OH is 3. The fraction of sp³-hybridized carbons (Fsp3) is 0.714. The van der Waals surface area contributed by atoms with Crippen molar-refractivity contribution in [3.8, 4) is 0 Å². The van der Waals surface area contributed by atoms with Gasteiger partial charge in [-0.1, -0.05) is 18.2 Å². The summed E-state index contributed by atoms with van der Waals surface area (Å²) >= 11 is 1.09. The molecule has 0 spiro atoms. The number of carboxylic acid groups (broad SMARTS) is 1. The smallest absolute Gasteiger partial charge is 0.347 e. The average Bonchev–Trinajstić information content (AvgIpc) is 2.87. The molecule has 5 N–H and O–H groups in total. The number of aromatic nitrogens is 3. The molecule has 146 valence electrons. The summed E-state index contributed by atoms with van der Waals surface area (Å²) in [5.74, 6) is -0.370. The number of nitrogens with one attached hydrogen (secondary N) is 1. The molecule has 1 aromatic rings. The molecule has 26 heavy (non-hydrogen) atoms. The molecule has 0 amide bonds. The minimum absolute atomic E-state index is 0.0134. The van der Waals surface area contributed by atoms with Crippen LogP contribution in [-0.2, 0) is 9.53 Å². The molecule has 0 saturated carbocycles. The molecular weight excluding hydrogens is 370 g/mol. The monoisotopic (exact) mass is 391 g/mol. The fourth-order valence-electron chi connectivity index (χ4n) is 2.47. The summed E-state index contributed by atoms with van der Waals surface area (Å²) in [6.45, 7) is -0.551. The first-order valence-corrected chi connectivity index (χ1v) is 9.04. The zero-order valence-electron chi connectivity index (χ0n) is 13.8. The van der Waals surface area contributed by atoms with Crippen molar-refractivity contribution in [2.45, 2.75) is 55.2 Å². The standard InChI is InChI=1S/C14H21N3O8S/c18-6-7-9(21)10(22)13(25-7)17-14(24)15-11(23)12(16-17)26-5-3-1-2-4-8(19)20/h7,9-10,13,18,21-22H,1-6H2,(H,19,20)(H,15,23,24)/t7-,9-,10-,13-/m1/s1. The third-order valence-corrected chi connectivity index (χ3v) is 4.89. The van der Waals surface area contributed by atoms with E-state index >= 15 is 0 Å². The molecule has 1 aliphatic heterocycles. The Morgan fingerprint density at radius 2 is 1.96 bits per heavy atom. The lowest BCUT2D eigenvalue weighted by Gasteiger charge is -2.16. The Labute approximate surface area is 151 Å². The van der Waals surface area contributed by atoms with Crippen molar-refractivity contribution >= 4 is 17.7 Å². The summed E-state index contributed by atoms with van der Waals surface area (Å²) in [6.07, 6.45) is -3.34. The van der Waals surface area contributed by atoms with Crippen molar-refractivity contribution < 1.29 is 30.0 Å². The van der Waals surface area contributed by atoms with E-state index in [4.69, 9.17) is 14.9 Å². The Balaban J connectivity index is 2.04. The largest absolute Gasteiger partial charge is 0.481 e. The topological polar surface area (TPSA) is 175 Å². The zero-order chi connectivity index (χ0) is 19.3. The lowest BCUT2D eigenvalue weighted by molar-refractivity contribution is -0.137. The molecule has 4 atom stereocenters. The highest BCUT2D eigenvalue weighted by molar-refractivity contribution is 7.99. The molecule has 1 fully saturated rings. The maximum atomic E-state index is 12.0. The van der Waals surface area contributed by atoms with Crippen LogP contribution in [0.1, 0.15) is 31.9 Å². The first-order chi connectivity index (χ1) is 12.3. The van der Waals surface area contributed by atoms with Gasteiger partial charge >= 0.3 is 11.7 Å². The van der Waals surface area contributed by atoms with E-state index in [1.54, 1.807) is 0 Å². The number of carbonyl (C=O) groups is 1. The van der Waals surface area contributed by atoms with Gasteiger partial charge in [-0.2, -0.15) is 9.78 Å². The van der Waals surface area contributed by atoms with E-state index in [-0.39, 0.29) is 11.4 Å². The number of H-pyrrole nitrogens is 1. The number of aromatic amines is 1. The summed E-state index contributed by atoms with van der Waals surface area (Å²) in [5.41, 5.74) is -1.59. The second-order valence-electron chi connectivity index (χ2n) is 5.79. The average molecular weight is 391 g/mol. The van der Waals surface area contributed by atoms with Crippen LogP contribution in [0.15, 0.2) is 14.6 Å². The van der Waals surface area contributed by atoms with E-state index in [0.29, 0.717) is 25.0 Å². The van der Waals surface area contributed by atoms with Gasteiger partial charge in [-0.05, 0) is 18.6 Å². The Morgan fingerprint density at radius 3 is 2.58 bits per heavy atom. The lowest BCUT2D eigenvalue weighted by atomic mass is 10.1. The quantitative estimate of drug-likeness (QED) is 0.240. The van der Waals surface area contributed by atoms with Crippen molar-refractivity contribution in [3.05, 3.63) is 20.8 Å². The highest BCUT2D eigenvalue weighted by Gasteiger charge is 2.44. The predicted octanol–water partition coefficient (Wildman–Crippen LogP) is -1.72. The number of ether oxygens (including phenoxy) is 1. The van der Waals surface area contributed by atoms with Gasteiger partial charge in [0.25, 0.3) is 5.56 Å². The van der Waals surface area contributed by atoms with Gasteiger partial charge in [-0.25, -0.2) is 4.79 Å². The summed E-state index contributed by atoms with van der Waals surface area (Å²) in [5, 5.41) is 41.3. The number of carboxylic acids is 1. The van der Waals surface area contributed by atoms with Crippen LogP contribution < -0.4 is 11.2 Å². The van der Waals surface area contributed by atoms with Crippen LogP contribution in [0.4, 0.5) is 0 Å². The number of aliphatic hydroxyl groups is 3. The number of nitrogens with zero attached hydrogens (tertiary/aromatic N) is 2. The summed E-state index contributed by atoms with van der Waals surface area (Å²) in [7, 11) is 0. The molecule has 1 aliphatic rings. The predicted molar refractivity (Wildman–Crippen MR) is 89.0 cm³/mol. The molecule has 1 aromatic heterocycles. The van der Waals surface area contributed by atoms with Crippen molar-refractivity contribution in [3.63, 3.8) is 0 Å². The number of thioether (sulfide) groups is 1. The van der Waals surface area contributed by atoms with Crippen LogP contribution in [-0.4, -0.2) is 71.8 Å². The molecule has 2 heterocycles. The number of aliphatic carboxylic acids is 1. The minimum atomic E-state index is -1.49. The van der Waals surface area contributed by atoms with Crippen molar-refractivity contribution in [2.24, 2.45) is 0 Å². The Hall–Kier alpha value is -1.73. The van der Waals surface area contributed by atoms with Gasteiger partial charge in [-0.3, -0.25) is 14.6 Å². The van der Waals surface area contributed by atoms with E-state index in [9.17, 15) is 24.6 Å². The number of hydrogen-bond donors (Lipinski definition) is 5. The second kappa shape index (κ2) is 9.28. The molecule has 1 saturated heterocycles. The SMILES string of the molecule is O=C(O)CCCCCSc1nn([C@@H]2O[C@H](CO)[C@@H](O)[C@H]2O)c(=O)[nH]c1=O. The van der Waals surface area contributed by atoms with Crippen LogP contribution in [0, 0.1) is 0 Å². The molecule has 0 radical (unpaired) electrons. The van der Waals surface area contributed by atoms with E-state index in [0.717, 1.165) is 16.4 Å². The number of rotatable bonds is 9. The van der Waals surface area contributed by atoms with E-state index in [1.165, 1.54) is 0 Å². The second-order valence-corrected chi connectivity index (χ2v) is 6.87. The van der Waals surface area contributed by atoms with Crippen LogP contribution in [0.25, 0.3) is 0 Å². The van der Waals surface area contributed by atoms with Gasteiger partial charge in [0, 0.05) is 6.42 Å². The molecule has 0 aliphatic carbocycles. The highest BCUT2D eigenvalue weighted by Crippen LogP contribution is 2.27. The maximum absolute atomic E-state index is 12.0. The van der Waals surface area contributed by atoms with Crippen LogP contribution in [0.5, 0.6) is 0 Å². The first-order valence-electron chi connectivity index (χ1n) is 8.05. The molecule has 0 unspecified atom stereocenters. The van der Waals surface area contributed by atoms with Gasteiger partial charge < -0.3 is 25.2 Å². The number of unbranched alkanes of at least 4 members (excludes halogenated alkanes) is 2. The number of hydrogen-bond acceptors (Lipinski definition) is 9. The molecule has 0 bridgehead atoms. The van der Waals surface area contributed by atoms with Crippen molar-refractivity contribution in [1.82, 2.24) is 14.8 Å². The van der Waals surface area contributed by atoms with Crippen LogP contribution in [0.2, 0.25) is 0 Å². The molecule has 2 rings (SSSR count). The third kappa shape index (κ3) is 4.92.